The number of sulfonamides is 1. The van der Waals surface area contributed by atoms with Crippen molar-refractivity contribution in [3.05, 3.63) is 71.3 Å². The summed E-state index contributed by atoms with van der Waals surface area (Å²) in [6.07, 6.45) is 2.06. The van der Waals surface area contributed by atoms with Crippen molar-refractivity contribution in [2.45, 2.75) is 52.0 Å². The van der Waals surface area contributed by atoms with Crippen LogP contribution in [0.5, 0.6) is 0 Å². The van der Waals surface area contributed by atoms with E-state index < -0.39 is 10.0 Å². The van der Waals surface area contributed by atoms with E-state index in [9.17, 15) is 8.42 Å². The van der Waals surface area contributed by atoms with E-state index in [2.05, 4.69) is 44.6 Å². The summed E-state index contributed by atoms with van der Waals surface area (Å²) in [7, 11) is -3.31. The quantitative estimate of drug-likeness (QED) is 0.290. The maximum atomic E-state index is 12.0. The van der Waals surface area contributed by atoms with Gasteiger partial charge >= 0.3 is 0 Å². The maximum absolute atomic E-state index is 12.0. The molecule has 0 saturated heterocycles. The monoisotopic (exact) mass is 430 g/mol. The Kier molecular flexibility index (Phi) is 9.83. The normalized spacial score (nSPS) is 12.2. The lowest BCUT2D eigenvalue weighted by atomic mass is 10.1. The predicted octanol–water partition coefficient (Wildman–Crippen LogP) is 3.20. The molecule has 0 bridgehead atoms. The van der Waals surface area contributed by atoms with E-state index in [1.165, 1.54) is 5.56 Å². The van der Waals surface area contributed by atoms with Crippen LogP contribution in [0.3, 0.4) is 0 Å². The number of aryl methyl sites for hydroxylation is 1. The molecule has 0 saturated carbocycles. The van der Waals surface area contributed by atoms with Gasteiger partial charge in [0.05, 0.1) is 12.3 Å². The molecule has 2 rings (SSSR count). The number of hydrogen-bond donors (Lipinski definition) is 3. The summed E-state index contributed by atoms with van der Waals surface area (Å²) in [6, 6.07) is 17.9. The molecule has 0 aliphatic heterocycles. The molecule has 2 aromatic rings. The SMILES string of the molecule is CCNC(=NCc1ccc(CS(=O)(=O)NC(C)C)cc1)NCCCc1ccccc1. The largest absolute Gasteiger partial charge is 0.357 e. The topological polar surface area (TPSA) is 82.6 Å². The number of benzene rings is 2. The molecular formula is C23H34N4O2S. The zero-order valence-corrected chi connectivity index (χ0v) is 19.0. The molecule has 0 spiro atoms. The summed E-state index contributed by atoms with van der Waals surface area (Å²) in [6.45, 7) is 7.85. The van der Waals surface area contributed by atoms with Crippen LogP contribution in [0.25, 0.3) is 0 Å². The summed E-state index contributed by atoms with van der Waals surface area (Å²) in [4.78, 5) is 4.64. The molecule has 0 heterocycles. The molecule has 0 radical (unpaired) electrons. The van der Waals surface area contributed by atoms with Crippen LogP contribution < -0.4 is 15.4 Å². The molecule has 0 aromatic heterocycles. The van der Waals surface area contributed by atoms with Gasteiger partial charge in [-0.15, -0.1) is 0 Å². The highest BCUT2D eigenvalue weighted by molar-refractivity contribution is 7.88. The molecule has 3 N–H and O–H groups in total. The van der Waals surface area contributed by atoms with Crippen molar-refractivity contribution in [2.24, 2.45) is 4.99 Å². The van der Waals surface area contributed by atoms with Crippen molar-refractivity contribution in [1.29, 1.82) is 0 Å². The van der Waals surface area contributed by atoms with Crippen LogP contribution in [0.4, 0.5) is 0 Å². The van der Waals surface area contributed by atoms with Crippen molar-refractivity contribution in [1.82, 2.24) is 15.4 Å². The molecule has 0 fully saturated rings. The van der Waals surface area contributed by atoms with Crippen LogP contribution in [0.2, 0.25) is 0 Å². The van der Waals surface area contributed by atoms with Gasteiger partial charge < -0.3 is 10.6 Å². The van der Waals surface area contributed by atoms with Gasteiger partial charge in [0, 0.05) is 19.1 Å². The maximum Gasteiger partial charge on any atom is 0.216 e. The first-order chi connectivity index (χ1) is 14.4. The third kappa shape index (κ3) is 9.41. The summed E-state index contributed by atoms with van der Waals surface area (Å²) in [5.41, 5.74) is 3.14. The van der Waals surface area contributed by atoms with Crippen LogP contribution in [-0.2, 0) is 28.7 Å². The molecule has 0 unspecified atom stereocenters. The minimum atomic E-state index is -3.31. The second kappa shape index (κ2) is 12.3. The highest BCUT2D eigenvalue weighted by atomic mass is 32.2. The first-order valence-electron chi connectivity index (χ1n) is 10.5. The average Bonchev–Trinajstić information content (AvgIpc) is 2.70. The molecule has 6 nitrogen and oxygen atoms in total. The van der Waals surface area contributed by atoms with E-state index in [1.54, 1.807) is 0 Å². The molecule has 0 aliphatic carbocycles. The summed E-state index contributed by atoms with van der Waals surface area (Å²) in [5, 5.41) is 6.64. The van der Waals surface area contributed by atoms with Gasteiger partial charge in [-0.05, 0) is 50.3 Å². The molecule has 30 heavy (non-hydrogen) atoms. The van der Waals surface area contributed by atoms with Gasteiger partial charge in [0.2, 0.25) is 10.0 Å². The van der Waals surface area contributed by atoms with Gasteiger partial charge in [-0.25, -0.2) is 18.1 Å². The second-order valence-electron chi connectivity index (χ2n) is 7.56. The number of nitrogens with zero attached hydrogens (tertiary/aromatic N) is 1. The fourth-order valence-electron chi connectivity index (χ4n) is 3.02. The van der Waals surface area contributed by atoms with Gasteiger partial charge in [0.1, 0.15) is 0 Å². The third-order valence-corrected chi connectivity index (χ3v) is 5.88. The summed E-state index contributed by atoms with van der Waals surface area (Å²) < 4.78 is 26.7. The number of guanidine groups is 1. The number of rotatable bonds is 11. The van der Waals surface area contributed by atoms with Gasteiger partial charge in [0.25, 0.3) is 0 Å². The molecule has 0 atom stereocenters. The zero-order valence-electron chi connectivity index (χ0n) is 18.2. The van der Waals surface area contributed by atoms with Crippen molar-refractivity contribution in [3.63, 3.8) is 0 Å². The third-order valence-electron chi connectivity index (χ3n) is 4.34. The van der Waals surface area contributed by atoms with Crippen LogP contribution in [0.1, 0.15) is 43.9 Å². The molecule has 2 aromatic carbocycles. The lowest BCUT2D eigenvalue weighted by molar-refractivity contribution is 0.569. The van der Waals surface area contributed by atoms with Crippen molar-refractivity contribution >= 4 is 16.0 Å². The Hall–Kier alpha value is -2.38. The van der Waals surface area contributed by atoms with Crippen molar-refractivity contribution < 1.29 is 8.42 Å². The van der Waals surface area contributed by atoms with E-state index in [1.807, 2.05) is 51.1 Å². The Labute approximate surface area is 181 Å². The summed E-state index contributed by atoms with van der Waals surface area (Å²) in [5.74, 6) is 0.777. The van der Waals surface area contributed by atoms with Gasteiger partial charge in [-0.2, -0.15) is 0 Å². The van der Waals surface area contributed by atoms with E-state index in [0.29, 0.717) is 6.54 Å². The number of nitrogens with one attached hydrogen (secondary N) is 3. The highest BCUT2D eigenvalue weighted by Crippen LogP contribution is 2.09. The molecular weight excluding hydrogens is 396 g/mol. The lowest BCUT2D eigenvalue weighted by Gasteiger charge is -2.12. The Morgan fingerprint density at radius 2 is 1.60 bits per heavy atom. The Morgan fingerprint density at radius 1 is 0.933 bits per heavy atom. The Morgan fingerprint density at radius 3 is 2.23 bits per heavy atom. The first kappa shape index (κ1) is 23.9. The Balaban J connectivity index is 1.84. The van der Waals surface area contributed by atoms with Crippen LogP contribution in [0.15, 0.2) is 59.6 Å². The van der Waals surface area contributed by atoms with Crippen LogP contribution >= 0.6 is 0 Å². The van der Waals surface area contributed by atoms with Gasteiger partial charge in [0.15, 0.2) is 5.96 Å². The Bertz CT molecular complexity index is 879. The van der Waals surface area contributed by atoms with Gasteiger partial charge in [-0.1, -0.05) is 54.6 Å². The second-order valence-corrected chi connectivity index (χ2v) is 9.31. The zero-order chi connectivity index (χ0) is 21.8. The molecule has 0 aliphatic rings. The highest BCUT2D eigenvalue weighted by Gasteiger charge is 2.12. The van der Waals surface area contributed by atoms with E-state index in [0.717, 1.165) is 43.0 Å². The first-order valence-corrected chi connectivity index (χ1v) is 12.2. The standard InChI is InChI=1S/C23H34N4O2S/c1-4-24-23(25-16-8-11-20-9-6-5-7-10-20)26-17-21-12-14-22(15-13-21)18-30(28,29)27-19(2)3/h5-7,9-10,12-15,19,27H,4,8,11,16-18H2,1-3H3,(H2,24,25,26). The fourth-order valence-corrected chi connectivity index (χ4v) is 4.45. The minimum absolute atomic E-state index is 0.0136. The van der Waals surface area contributed by atoms with Crippen LogP contribution in [-0.4, -0.2) is 33.5 Å². The smallest absolute Gasteiger partial charge is 0.216 e. The molecule has 7 heteroatoms. The molecule has 164 valence electrons. The number of aliphatic imine (C=N–C) groups is 1. The minimum Gasteiger partial charge on any atom is -0.357 e. The predicted molar refractivity (Wildman–Crippen MR) is 125 cm³/mol. The van der Waals surface area contributed by atoms with Crippen LogP contribution in [0, 0.1) is 0 Å². The fraction of sp³-hybridized carbons (Fsp3) is 0.435. The number of hydrogen-bond acceptors (Lipinski definition) is 3. The van der Waals surface area contributed by atoms with Crippen molar-refractivity contribution in [2.75, 3.05) is 13.1 Å². The molecule has 0 amide bonds. The lowest BCUT2D eigenvalue weighted by Crippen LogP contribution is -2.37. The average molecular weight is 431 g/mol. The van der Waals surface area contributed by atoms with Gasteiger partial charge in [-0.3, -0.25) is 0 Å². The van der Waals surface area contributed by atoms with Crippen molar-refractivity contribution in [3.8, 4) is 0 Å². The summed E-state index contributed by atoms with van der Waals surface area (Å²) >= 11 is 0. The van der Waals surface area contributed by atoms with E-state index in [4.69, 9.17) is 0 Å². The van der Waals surface area contributed by atoms with E-state index >= 15 is 0 Å². The van der Waals surface area contributed by atoms with E-state index in [-0.39, 0.29) is 11.8 Å².